The molecule has 8 nitrogen and oxygen atoms in total. The Morgan fingerprint density at radius 3 is 2.00 bits per heavy atom. The summed E-state index contributed by atoms with van der Waals surface area (Å²) in [5.41, 5.74) is 3.06. The third-order valence-electron chi connectivity index (χ3n) is 3.65. The second-order valence-electron chi connectivity index (χ2n) is 5.46. The fraction of sp³-hybridized carbons (Fsp3) is 0.263. The molecule has 0 heterocycles. The van der Waals surface area contributed by atoms with Gasteiger partial charge in [-0.1, -0.05) is 0 Å². The fourth-order valence-electron chi connectivity index (χ4n) is 2.32. The summed E-state index contributed by atoms with van der Waals surface area (Å²) in [4.78, 5) is 12.0. The van der Waals surface area contributed by atoms with E-state index < -0.39 is 5.91 Å². The molecular weight excluding hydrogens is 512 g/mol. The molecule has 1 N–H and O–H groups in total. The van der Waals surface area contributed by atoms with E-state index in [1.807, 2.05) is 0 Å². The maximum absolute atomic E-state index is 12.0. The number of nitrogens with zero attached hydrogens (tertiary/aromatic N) is 1. The van der Waals surface area contributed by atoms with Crippen LogP contribution in [0.3, 0.4) is 0 Å². The second kappa shape index (κ2) is 10.9. The molecule has 0 spiro atoms. The van der Waals surface area contributed by atoms with Crippen LogP contribution < -0.4 is 29.1 Å². The Kier molecular flexibility index (Phi) is 8.59. The van der Waals surface area contributed by atoms with Gasteiger partial charge in [-0.05, 0) is 56.1 Å². The summed E-state index contributed by atoms with van der Waals surface area (Å²) < 4.78 is 27.8. The van der Waals surface area contributed by atoms with E-state index in [1.165, 1.54) is 27.5 Å². The Hall–Kier alpha value is -2.46. The molecular formula is C19H20Br2N2O6. The van der Waals surface area contributed by atoms with E-state index in [-0.39, 0.29) is 6.61 Å². The van der Waals surface area contributed by atoms with E-state index in [4.69, 9.17) is 23.7 Å². The lowest BCUT2D eigenvalue weighted by molar-refractivity contribution is -0.123. The number of ether oxygens (including phenoxy) is 5. The molecule has 0 aromatic heterocycles. The average molecular weight is 532 g/mol. The zero-order valence-electron chi connectivity index (χ0n) is 16.2. The van der Waals surface area contributed by atoms with Crippen molar-refractivity contribution < 1.29 is 28.5 Å². The number of methoxy groups -OCH3 is 4. The number of nitrogens with one attached hydrogen (secondary N) is 1. The molecule has 1 amide bonds. The van der Waals surface area contributed by atoms with Gasteiger partial charge in [0.25, 0.3) is 5.91 Å². The molecule has 0 aliphatic heterocycles. The van der Waals surface area contributed by atoms with Crippen LogP contribution in [-0.4, -0.2) is 47.2 Å². The summed E-state index contributed by atoms with van der Waals surface area (Å²) in [5.74, 6) is 2.14. The highest BCUT2D eigenvalue weighted by atomic mass is 79.9. The number of hydrazone groups is 1. The Morgan fingerprint density at radius 2 is 1.52 bits per heavy atom. The Morgan fingerprint density at radius 1 is 0.931 bits per heavy atom. The van der Waals surface area contributed by atoms with Crippen molar-refractivity contribution in [2.45, 2.75) is 0 Å². The Labute approximate surface area is 185 Å². The molecule has 0 unspecified atom stereocenters. The van der Waals surface area contributed by atoms with Crippen molar-refractivity contribution in [1.29, 1.82) is 0 Å². The highest BCUT2D eigenvalue weighted by molar-refractivity contribution is 9.11. The first kappa shape index (κ1) is 22.8. The number of hydrogen-bond donors (Lipinski definition) is 1. The highest BCUT2D eigenvalue weighted by Crippen LogP contribution is 2.38. The van der Waals surface area contributed by atoms with Gasteiger partial charge in [-0.2, -0.15) is 5.10 Å². The summed E-state index contributed by atoms with van der Waals surface area (Å²) >= 11 is 6.76. The number of rotatable bonds is 9. The van der Waals surface area contributed by atoms with E-state index >= 15 is 0 Å². The normalized spacial score (nSPS) is 10.6. The molecule has 29 heavy (non-hydrogen) atoms. The maximum Gasteiger partial charge on any atom is 0.277 e. The number of carbonyl (C=O) groups excluding carboxylic acids is 1. The largest absolute Gasteiger partial charge is 0.497 e. The summed E-state index contributed by atoms with van der Waals surface area (Å²) in [6, 6.07) is 6.89. The number of hydrogen-bond acceptors (Lipinski definition) is 7. The molecule has 2 aromatic rings. The predicted molar refractivity (Wildman–Crippen MR) is 116 cm³/mol. The summed E-state index contributed by atoms with van der Waals surface area (Å²) in [5, 5.41) is 3.93. The third kappa shape index (κ3) is 6.01. The standard InChI is InChI=1S/C19H20Br2N2O6/c1-25-12-7-13(20)18(14(21)8-12)29-10-17(24)23-22-9-11-5-15(26-2)19(28-4)16(6-11)27-3/h5-9H,10H2,1-4H3,(H,23,24)/b22-9-. The minimum atomic E-state index is -0.427. The quantitative estimate of drug-likeness (QED) is 0.391. The summed E-state index contributed by atoms with van der Waals surface area (Å²) in [6.07, 6.45) is 1.46. The van der Waals surface area contributed by atoms with Gasteiger partial charge in [0.1, 0.15) is 11.5 Å². The van der Waals surface area contributed by atoms with Gasteiger partial charge in [-0.15, -0.1) is 0 Å². The lowest BCUT2D eigenvalue weighted by Crippen LogP contribution is -2.24. The number of benzene rings is 2. The van der Waals surface area contributed by atoms with Crippen molar-refractivity contribution >= 4 is 44.0 Å². The average Bonchev–Trinajstić information content (AvgIpc) is 2.71. The first-order chi connectivity index (χ1) is 13.9. The van der Waals surface area contributed by atoms with Crippen LogP contribution in [0.1, 0.15) is 5.56 Å². The van der Waals surface area contributed by atoms with Gasteiger partial charge >= 0.3 is 0 Å². The smallest absolute Gasteiger partial charge is 0.277 e. The van der Waals surface area contributed by atoms with E-state index in [2.05, 4.69) is 42.4 Å². The summed E-state index contributed by atoms with van der Waals surface area (Å²) in [7, 11) is 6.13. The monoisotopic (exact) mass is 530 g/mol. The lowest BCUT2D eigenvalue weighted by Gasteiger charge is -2.12. The van der Waals surface area contributed by atoms with Crippen LogP contribution in [-0.2, 0) is 4.79 Å². The van der Waals surface area contributed by atoms with E-state index in [0.717, 1.165) is 0 Å². The molecule has 2 aromatic carbocycles. The van der Waals surface area contributed by atoms with E-state index in [9.17, 15) is 4.79 Å². The topological polar surface area (TPSA) is 87.6 Å². The van der Waals surface area contributed by atoms with Crippen LogP contribution >= 0.6 is 31.9 Å². The number of carbonyl (C=O) groups is 1. The molecule has 156 valence electrons. The van der Waals surface area contributed by atoms with Crippen molar-refractivity contribution in [2.24, 2.45) is 5.10 Å². The Bertz CT molecular complexity index is 856. The number of halogens is 2. The van der Waals surface area contributed by atoms with E-state index in [0.29, 0.717) is 43.3 Å². The van der Waals surface area contributed by atoms with Crippen LogP contribution in [0.2, 0.25) is 0 Å². The Balaban J connectivity index is 2.00. The van der Waals surface area contributed by atoms with Crippen molar-refractivity contribution in [3.05, 3.63) is 38.8 Å². The van der Waals surface area contributed by atoms with Gasteiger partial charge in [-0.3, -0.25) is 4.79 Å². The van der Waals surface area contributed by atoms with Gasteiger partial charge in [0.05, 0.1) is 43.6 Å². The molecule has 0 atom stereocenters. The molecule has 0 bridgehead atoms. The van der Waals surface area contributed by atoms with Crippen LogP contribution in [0.15, 0.2) is 38.3 Å². The minimum Gasteiger partial charge on any atom is -0.497 e. The van der Waals surface area contributed by atoms with Gasteiger partial charge in [0.2, 0.25) is 5.75 Å². The second-order valence-corrected chi connectivity index (χ2v) is 7.17. The minimum absolute atomic E-state index is 0.226. The molecule has 0 radical (unpaired) electrons. The van der Waals surface area contributed by atoms with Crippen molar-refractivity contribution in [1.82, 2.24) is 5.43 Å². The van der Waals surface area contributed by atoms with Crippen LogP contribution in [0.5, 0.6) is 28.7 Å². The third-order valence-corrected chi connectivity index (χ3v) is 4.82. The van der Waals surface area contributed by atoms with Gasteiger partial charge in [0.15, 0.2) is 18.1 Å². The lowest BCUT2D eigenvalue weighted by atomic mass is 10.2. The van der Waals surface area contributed by atoms with E-state index in [1.54, 1.807) is 31.4 Å². The molecule has 10 heteroatoms. The summed E-state index contributed by atoms with van der Waals surface area (Å²) in [6.45, 7) is -0.226. The zero-order chi connectivity index (χ0) is 21.4. The zero-order valence-corrected chi connectivity index (χ0v) is 19.4. The maximum atomic E-state index is 12.0. The SMILES string of the molecule is COc1cc(Br)c(OCC(=O)N/N=C\c2cc(OC)c(OC)c(OC)c2)c(Br)c1. The first-order valence-corrected chi connectivity index (χ1v) is 9.79. The molecule has 0 saturated carbocycles. The van der Waals surface area contributed by atoms with Crippen molar-refractivity contribution in [3.8, 4) is 28.7 Å². The highest BCUT2D eigenvalue weighted by Gasteiger charge is 2.13. The molecule has 0 fully saturated rings. The number of amides is 1. The van der Waals surface area contributed by atoms with Gasteiger partial charge in [-0.25, -0.2) is 5.43 Å². The van der Waals surface area contributed by atoms with Crippen LogP contribution in [0, 0.1) is 0 Å². The predicted octanol–water partition coefficient (Wildman–Crippen LogP) is 3.78. The molecule has 2 rings (SSSR count). The molecule has 0 aliphatic carbocycles. The van der Waals surface area contributed by atoms with Crippen molar-refractivity contribution in [2.75, 3.05) is 35.0 Å². The van der Waals surface area contributed by atoms with Crippen molar-refractivity contribution in [3.63, 3.8) is 0 Å². The fourth-order valence-corrected chi connectivity index (χ4v) is 3.69. The van der Waals surface area contributed by atoms with Gasteiger partial charge in [0, 0.05) is 5.56 Å². The molecule has 0 saturated heterocycles. The van der Waals surface area contributed by atoms with Crippen LogP contribution in [0.25, 0.3) is 0 Å². The van der Waals surface area contributed by atoms with Gasteiger partial charge < -0.3 is 23.7 Å². The molecule has 0 aliphatic rings. The first-order valence-electron chi connectivity index (χ1n) is 8.21. The van der Waals surface area contributed by atoms with Crippen LogP contribution in [0.4, 0.5) is 0 Å².